The smallest absolute Gasteiger partial charge is 0.177 e. The third-order valence-electron chi connectivity index (χ3n) is 5.90. The van der Waals surface area contributed by atoms with E-state index in [1.54, 1.807) is 13.1 Å². The maximum atomic E-state index is 10.5. The molecule has 0 aliphatic carbocycles. The highest BCUT2D eigenvalue weighted by molar-refractivity contribution is 7.80. The quantitative estimate of drug-likeness (QED) is 0.437. The van der Waals surface area contributed by atoms with Crippen LogP contribution in [-0.2, 0) is 13.0 Å². The molecule has 5 nitrogen and oxygen atoms in total. The van der Waals surface area contributed by atoms with Gasteiger partial charge in [0.05, 0.1) is 5.70 Å². The van der Waals surface area contributed by atoms with E-state index >= 15 is 0 Å². The van der Waals surface area contributed by atoms with Crippen LogP contribution in [0.5, 0.6) is 11.5 Å². The molecule has 0 unspecified atom stereocenters. The van der Waals surface area contributed by atoms with Crippen molar-refractivity contribution in [3.63, 3.8) is 0 Å². The van der Waals surface area contributed by atoms with Gasteiger partial charge >= 0.3 is 0 Å². The predicted molar refractivity (Wildman–Crippen MR) is 134 cm³/mol. The Morgan fingerprint density at radius 2 is 1.84 bits per heavy atom. The van der Waals surface area contributed by atoms with Crippen molar-refractivity contribution >= 4 is 39.6 Å². The minimum absolute atomic E-state index is 0.0363. The second-order valence-corrected chi connectivity index (χ2v) is 8.14. The topological polar surface area (TPSA) is 60.7 Å². The zero-order chi connectivity index (χ0) is 22.9. The van der Waals surface area contributed by atoms with Crippen molar-refractivity contribution in [2.24, 2.45) is 0 Å². The average molecular weight is 438 g/mol. The molecule has 0 spiro atoms. The Morgan fingerprint density at radius 1 is 1.13 bits per heavy atom. The molecule has 2 aromatic carbocycles. The van der Waals surface area contributed by atoms with E-state index in [1.807, 2.05) is 17.9 Å². The molecule has 31 heavy (non-hydrogen) atoms. The van der Waals surface area contributed by atoms with Gasteiger partial charge in [-0.15, -0.1) is 0 Å². The minimum Gasteiger partial charge on any atom is -0.508 e. The SMILES string of the molecule is C=C(c1cc(CC)c(O)cc1O)N(C(=S)NC)c1ccc2c(c1)c(C)c(C)n2CCC. The summed E-state index contributed by atoms with van der Waals surface area (Å²) in [7, 11) is 1.77. The lowest BCUT2D eigenvalue weighted by atomic mass is 10.0. The number of phenols is 2. The summed E-state index contributed by atoms with van der Waals surface area (Å²) >= 11 is 5.61. The number of anilines is 1. The highest BCUT2D eigenvalue weighted by Gasteiger charge is 2.22. The highest BCUT2D eigenvalue weighted by atomic mass is 32.1. The number of aryl methyl sites for hydroxylation is 3. The van der Waals surface area contributed by atoms with E-state index in [-0.39, 0.29) is 11.5 Å². The summed E-state index contributed by atoms with van der Waals surface area (Å²) in [5, 5.41) is 25.3. The van der Waals surface area contributed by atoms with Crippen molar-refractivity contribution in [1.82, 2.24) is 9.88 Å². The Kier molecular flexibility index (Phi) is 6.60. The molecule has 0 atom stereocenters. The first-order chi connectivity index (χ1) is 14.7. The van der Waals surface area contributed by atoms with Crippen LogP contribution in [0.3, 0.4) is 0 Å². The number of nitrogens with zero attached hydrogens (tertiary/aromatic N) is 2. The number of fused-ring (bicyclic) bond motifs is 1. The third kappa shape index (κ3) is 4.00. The molecule has 1 heterocycles. The summed E-state index contributed by atoms with van der Waals surface area (Å²) in [5.41, 5.74) is 6.37. The number of nitrogens with one attached hydrogen (secondary N) is 1. The molecule has 6 heteroatoms. The average Bonchev–Trinajstić information content (AvgIpc) is 2.98. The first kappa shape index (κ1) is 22.7. The summed E-state index contributed by atoms with van der Waals surface area (Å²) in [6, 6.07) is 9.40. The predicted octanol–water partition coefficient (Wildman–Crippen LogP) is 5.62. The van der Waals surface area contributed by atoms with Gasteiger partial charge in [-0.25, -0.2) is 0 Å². The van der Waals surface area contributed by atoms with Crippen molar-refractivity contribution < 1.29 is 10.2 Å². The standard InChI is InChI=1S/C25H31N3O2S/c1-7-11-27-16(4)15(3)20-13-19(9-10-22(20)27)28(25(31)26-6)17(5)21-12-18(8-2)23(29)14-24(21)30/h9-10,12-14,29-30H,5,7-8,11H2,1-4,6H3,(H,26,31). The van der Waals surface area contributed by atoms with Gasteiger partial charge in [0.1, 0.15) is 11.5 Å². The van der Waals surface area contributed by atoms with Crippen LogP contribution in [0, 0.1) is 13.8 Å². The Bertz CT molecular complexity index is 1160. The van der Waals surface area contributed by atoms with Crippen LogP contribution in [0.4, 0.5) is 5.69 Å². The van der Waals surface area contributed by atoms with Gasteiger partial charge in [0, 0.05) is 47.5 Å². The molecular formula is C25H31N3O2S. The van der Waals surface area contributed by atoms with Crippen LogP contribution in [0.2, 0.25) is 0 Å². The van der Waals surface area contributed by atoms with Gasteiger partial charge in [-0.3, -0.25) is 4.90 Å². The number of phenolic OH excluding ortho intramolecular Hbond substituents is 2. The Morgan fingerprint density at radius 3 is 2.45 bits per heavy atom. The highest BCUT2D eigenvalue weighted by Crippen LogP contribution is 2.37. The van der Waals surface area contributed by atoms with Crippen LogP contribution in [0.25, 0.3) is 16.6 Å². The summed E-state index contributed by atoms with van der Waals surface area (Å²) < 4.78 is 2.35. The third-order valence-corrected chi connectivity index (χ3v) is 6.29. The fourth-order valence-electron chi connectivity index (χ4n) is 4.05. The van der Waals surface area contributed by atoms with Crippen molar-refractivity contribution in [3.05, 3.63) is 59.3 Å². The first-order valence-corrected chi connectivity index (χ1v) is 11.0. The lowest BCUT2D eigenvalue weighted by Gasteiger charge is -2.28. The molecule has 3 aromatic rings. The van der Waals surface area contributed by atoms with Gasteiger partial charge < -0.3 is 20.1 Å². The molecule has 3 N–H and O–H groups in total. The number of benzene rings is 2. The Balaban J connectivity index is 2.16. The fraction of sp³-hybridized carbons (Fsp3) is 0.320. The van der Waals surface area contributed by atoms with E-state index in [0.717, 1.165) is 24.2 Å². The molecular weight excluding hydrogens is 406 g/mol. The van der Waals surface area contributed by atoms with E-state index in [9.17, 15) is 10.2 Å². The molecule has 1 aromatic heterocycles. The van der Waals surface area contributed by atoms with Gasteiger partial charge in [-0.1, -0.05) is 20.4 Å². The summed E-state index contributed by atoms with van der Waals surface area (Å²) in [6.07, 6.45) is 1.71. The molecule has 0 saturated heterocycles. The maximum Gasteiger partial charge on any atom is 0.177 e. The Hall–Kier alpha value is -2.99. The normalized spacial score (nSPS) is 11.0. The number of aromatic hydroxyl groups is 2. The lowest BCUT2D eigenvalue weighted by Crippen LogP contribution is -2.36. The van der Waals surface area contributed by atoms with Crippen LogP contribution < -0.4 is 10.2 Å². The lowest BCUT2D eigenvalue weighted by molar-refractivity contribution is 0.445. The van der Waals surface area contributed by atoms with E-state index < -0.39 is 0 Å². The molecule has 0 bridgehead atoms. The number of hydrogen-bond acceptors (Lipinski definition) is 3. The van der Waals surface area contributed by atoms with Crippen molar-refractivity contribution in [3.8, 4) is 11.5 Å². The monoisotopic (exact) mass is 437 g/mol. The largest absolute Gasteiger partial charge is 0.508 e. The molecule has 0 saturated carbocycles. The zero-order valence-electron chi connectivity index (χ0n) is 18.9. The maximum absolute atomic E-state index is 10.5. The van der Waals surface area contributed by atoms with Crippen LogP contribution in [-0.4, -0.2) is 26.9 Å². The van der Waals surface area contributed by atoms with Crippen LogP contribution in [0.1, 0.15) is 42.7 Å². The zero-order valence-corrected chi connectivity index (χ0v) is 19.7. The van der Waals surface area contributed by atoms with Gasteiger partial charge in [-0.2, -0.15) is 0 Å². The fourth-order valence-corrected chi connectivity index (χ4v) is 4.27. The molecule has 0 aliphatic rings. The van der Waals surface area contributed by atoms with Gasteiger partial charge in [0.2, 0.25) is 0 Å². The van der Waals surface area contributed by atoms with E-state index in [1.165, 1.54) is 28.2 Å². The van der Waals surface area contributed by atoms with Crippen molar-refractivity contribution in [1.29, 1.82) is 0 Å². The van der Waals surface area contributed by atoms with Crippen molar-refractivity contribution in [2.75, 3.05) is 11.9 Å². The summed E-state index contributed by atoms with van der Waals surface area (Å²) in [4.78, 5) is 1.83. The number of rotatable bonds is 6. The second kappa shape index (κ2) is 9.02. The van der Waals surface area contributed by atoms with E-state index in [4.69, 9.17) is 12.2 Å². The summed E-state index contributed by atoms with van der Waals surface area (Å²) in [6.45, 7) is 13.6. The second-order valence-electron chi connectivity index (χ2n) is 7.75. The van der Waals surface area contributed by atoms with E-state index in [2.05, 4.69) is 49.4 Å². The summed E-state index contributed by atoms with van der Waals surface area (Å²) in [5.74, 6) is 0.0369. The molecule has 0 aliphatic heterocycles. The minimum atomic E-state index is -0.0363. The van der Waals surface area contributed by atoms with Gasteiger partial charge in [0.25, 0.3) is 0 Å². The number of thiocarbonyl (C=S) groups is 1. The van der Waals surface area contributed by atoms with E-state index in [0.29, 0.717) is 22.8 Å². The molecule has 164 valence electrons. The van der Waals surface area contributed by atoms with Crippen LogP contribution >= 0.6 is 12.2 Å². The van der Waals surface area contributed by atoms with Crippen LogP contribution in [0.15, 0.2) is 36.9 Å². The molecule has 0 amide bonds. The van der Waals surface area contributed by atoms with Gasteiger partial charge in [-0.05, 0) is 74.3 Å². The number of aromatic nitrogens is 1. The Labute approximate surface area is 189 Å². The molecule has 3 rings (SSSR count). The first-order valence-electron chi connectivity index (χ1n) is 10.6. The van der Waals surface area contributed by atoms with Gasteiger partial charge in [0.15, 0.2) is 5.11 Å². The molecule has 0 radical (unpaired) electrons. The van der Waals surface area contributed by atoms with Crippen molar-refractivity contribution in [2.45, 2.75) is 47.1 Å². The molecule has 0 fully saturated rings. The number of hydrogen-bond donors (Lipinski definition) is 3.